The predicted molar refractivity (Wildman–Crippen MR) is 80.7 cm³/mol. The van der Waals surface area contributed by atoms with Crippen molar-refractivity contribution in [1.29, 1.82) is 0 Å². The van der Waals surface area contributed by atoms with Crippen LogP contribution in [0.25, 0.3) is 11.0 Å². The van der Waals surface area contributed by atoms with E-state index in [9.17, 15) is 0 Å². The molecule has 2 aromatic rings. The van der Waals surface area contributed by atoms with Crippen molar-refractivity contribution in [1.82, 2.24) is 15.0 Å². The molecule has 0 N–H and O–H groups in total. The monoisotopic (exact) mass is 275 g/mol. The molecule has 1 aromatic heterocycles. The van der Waals surface area contributed by atoms with Crippen molar-refractivity contribution in [2.24, 2.45) is 0 Å². The van der Waals surface area contributed by atoms with Crippen LogP contribution in [-0.4, -0.2) is 30.2 Å². The molecule has 5 heteroatoms. The molecule has 0 bridgehead atoms. The highest BCUT2D eigenvalue weighted by molar-refractivity contribution is 6.78. The Labute approximate surface area is 115 Å². The molecule has 19 heavy (non-hydrogen) atoms. The highest BCUT2D eigenvalue weighted by atomic mass is 28.3. The van der Waals surface area contributed by atoms with E-state index in [0.29, 0.717) is 0 Å². The number of aromatic nitrogens is 3. The summed E-state index contributed by atoms with van der Waals surface area (Å²) in [5.74, 6) is 0. The number of ether oxygens (including phenoxy) is 1. The molecule has 0 spiro atoms. The number of para-hydroxylation sites is 1. The number of hydrogen-bond donors (Lipinski definition) is 0. The summed E-state index contributed by atoms with van der Waals surface area (Å²) in [7, 11) is 0.0355. The minimum absolute atomic E-state index is 0.454. The second kappa shape index (κ2) is 4.90. The molecular weight excluding hydrogens is 254 g/mol. The Balaban J connectivity index is 2.71. The fraction of sp³-hybridized carbons (Fsp3) is 0.429. The van der Waals surface area contributed by atoms with Crippen LogP contribution in [0.4, 0.5) is 0 Å². The maximum Gasteiger partial charge on any atom is 0.150 e. The molecular formula is C14H21N3OSi. The summed E-state index contributed by atoms with van der Waals surface area (Å²) in [6.45, 7) is 10.7. The Morgan fingerprint density at radius 3 is 2.63 bits per heavy atom. The molecule has 0 aliphatic carbocycles. The van der Waals surface area contributed by atoms with E-state index in [1.165, 1.54) is 0 Å². The van der Waals surface area contributed by atoms with E-state index in [4.69, 9.17) is 4.74 Å². The van der Waals surface area contributed by atoms with Crippen LogP contribution < -0.4 is 0 Å². The molecule has 0 fully saturated rings. The maximum absolute atomic E-state index is 5.95. The molecule has 102 valence electrons. The number of hydrogen-bond acceptors (Lipinski definition) is 3. The van der Waals surface area contributed by atoms with Gasteiger partial charge in [-0.1, -0.05) is 43.1 Å². The molecule has 1 heterocycles. The normalized spacial score (nSPS) is 15.4. The van der Waals surface area contributed by atoms with Crippen molar-refractivity contribution >= 4 is 19.1 Å². The SMILES string of the molecule is C=CCC(OC)(n1nnc2ccccc21)[Si](C)(C)C. The van der Waals surface area contributed by atoms with Crippen LogP contribution in [0.3, 0.4) is 0 Å². The molecule has 2 rings (SSSR count). The number of rotatable bonds is 5. The number of nitrogens with zero attached hydrogens (tertiary/aromatic N) is 3. The van der Waals surface area contributed by atoms with Crippen molar-refractivity contribution in [2.75, 3.05) is 7.11 Å². The van der Waals surface area contributed by atoms with Crippen LogP contribution in [0.15, 0.2) is 36.9 Å². The fourth-order valence-corrected chi connectivity index (χ4v) is 4.69. The van der Waals surface area contributed by atoms with Gasteiger partial charge in [0.25, 0.3) is 0 Å². The number of fused-ring (bicyclic) bond motifs is 1. The third-order valence-electron chi connectivity index (χ3n) is 3.62. The zero-order chi connectivity index (χ0) is 14.1. The van der Waals surface area contributed by atoms with Gasteiger partial charge >= 0.3 is 0 Å². The lowest BCUT2D eigenvalue weighted by atomic mass is 10.3. The Bertz CT molecular complexity index is 588. The number of methoxy groups -OCH3 is 1. The van der Waals surface area contributed by atoms with Gasteiger partial charge in [0.2, 0.25) is 0 Å². The van der Waals surface area contributed by atoms with Gasteiger partial charge in [-0.25, -0.2) is 4.68 Å². The highest BCUT2D eigenvalue weighted by Crippen LogP contribution is 2.35. The third-order valence-corrected chi connectivity index (χ3v) is 6.59. The van der Waals surface area contributed by atoms with Gasteiger partial charge in [0.1, 0.15) is 18.9 Å². The lowest BCUT2D eigenvalue weighted by Crippen LogP contribution is -2.55. The van der Waals surface area contributed by atoms with Gasteiger partial charge in [0.05, 0.1) is 5.52 Å². The van der Waals surface area contributed by atoms with Crippen molar-refractivity contribution in [3.05, 3.63) is 36.9 Å². The summed E-state index contributed by atoms with van der Waals surface area (Å²) >= 11 is 0. The van der Waals surface area contributed by atoms with Gasteiger partial charge in [0, 0.05) is 13.5 Å². The standard InChI is InChI=1S/C14H21N3OSi/c1-6-11-14(18-2,19(3,4)5)17-13-10-8-7-9-12(13)15-16-17/h6-10H,1,11H2,2-5H3. The molecule has 0 amide bonds. The van der Waals surface area contributed by atoms with Crippen molar-refractivity contribution in [2.45, 2.75) is 31.4 Å². The van der Waals surface area contributed by atoms with Gasteiger partial charge in [-0.2, -0.15) is 0 Å². The largest absolute Gasteiger partial charge is 0.360 e. The minimum atomic E-state index is -1.71. The summed E-state index contributed by atoms with van der Waals surface area (Å²) < 4.78 is 7.89. The molecule has 1 unspecified atom stereocenters. The van der Waals surface area contributed by atoms with Crippen molar-refractivity contribution < 1.29 is 4.74 Å². The highest BCUT2D eigenvalue weighted by Gasteiger charge is 2.46. The Morgan fingerprint density at radius 1 is 1.37 bits per heavy atom. The average molecular weight is 275 g/mol. The van der Waals surface area contributed by atoms with Crippen LogP contribution in [0.1, 0.15) is 6.42 Å². The molecule has 0 saturated carbocycles. The summed E-state index contributed by atoms with van der Waals surface area (Å²) in [4.78, 5) is 0. The number of benzene rings is 1. The van der Waals surface area contributed by atoms with Gasteiger partial charge in [-0.15, -0.1) is 11.7 Å². The molecule has 0 radical (unpaired) electrons. The predicted octanol–water partition coefficient (Wildman–Crippen LogP) is 3.18. The van der Waals surface area contributed by atoms with Crippen LogP contribution in [0.5, 0.6) is 0 Å². The molecule has 0 aliphatic heterocycles. The third kappa shape index (κ3) is 2.13. The fourth-order valence-electron chi connectivity index (χ4n) is 2.52. The van der Waals surface area contributed by atoms with E-state index in [2.05, 4.69) is 36.5 Å². The lowest BCUT2D eigenvalue weighted by Gasteiger charge is -2.41. The summed E-state index contributed by atoms with van der Waals surface area (Å²) in [6.07, 6.45) is 2.63. The van der Waals surface area contributed by atoms with E-state index in [0.717, 1.165) is 17.5 Å². The van der Waals surface area contributed by atoms with Gasteiger partial charge in [-0.3, -0.25) is 0 Å². The zero-order valence-electron chi connectivity index (χ0n) is 12.1. The maximum atomic E-state index is 5.95. The first-order valence-electron chi connectivity index (χ1n) is 6.43. The van der Waals surface area contributed by atoms with E-state index in [-0.39, 0.29) is 0 Å². The first kappa shape index (κ1) is 14.0. The van der Waals surface area contributed by atoms with Gasteiger partial charge < -0.3 is 4.74 Å². The second-order valence-corrected chi connectivity index (χ2v) is 11.0. The summed E-state index contributed by atoms with van der Waals surface area (Å²) in [5.41, 5.74) is 1.90. The van der Waals surface area contributed by atoms with E-state index in [1.54, 1.807) is 7.11 Å². The Hall–Kier alpha value is -1.46. The summed E-state index contributed by atoms with van der Waals surface area (Å²) in [6, 6.07) is 7.97. The van der Waals surface area contributed by atoms with Crippen molar-refractivity contribution in [3.63, 3.8) is 0 Å². The van der Waals surface area contributed by atoms with Crippen LogP contribution in [0.2, 0.25) is 19.6 Å². The van der Waals surface area contributed by atoms with E-state index in [1.807, 2.05) is 35.0 Å². The molecule has 0 saturated heterocycles. The Kier molecular flexibility index (Phi) is 3.60. The quantitative estimate of drug-likeness (QED) is 0.621. The zero-order valence-corrected chi connectivity index (χ0v) is 13.1. The second-order valence-electron chi connectivity index (χ2n) is 5.72. The first-order valence-corrected chi connectivity index (χ1v) is 9.93. The molecule has 1 aromatic carbocycles. The van der Waals surface area contributed by atoms with Crippen LogP contribution >= 0.6 is 0 Å². The lowest BCUT2D eigenvalue weighted by molar-refractivity contribution is -0.0173. The van der Waals surface area contributed by atoms with Crippen LogP contribution in [0, 0.1) is 0 Å². The molecule has 1 atom stereocenters. The molecule has 0 aliphatic rings. The van der Waals surface area contributed by atoms with Gasteiger partial charge in [0.15, 0.2) is 0 Å². The molecule has 4 nitrogen and oxygen atoms in total. The smallest absolute Gasteiger partial charge is 0.150 e. The topological polar surface area (TPSA) is 39.9 Å². The first-order chi connectivity index (χ1) is 8.96. The van der Waals surface area contributed by atoms with E-state index < -0.39 is 13.4 Å². The Morgan fingerprint density at radius 2 is 2.05 bits per heavy atom. The van der Waals surface area contributed by atoms with Crippen molar-refractivity contribution in [3.8, 4) is 0 Å². The average Bonchev–Trinajstić information content (AvgIpc) is 2.78. The summed E-state index contributed by atoms with van der Waals surface area (Å²) in [5, 5.41) is 8.15. The minimum Gasteiger partial charge on any atom is -0.360 e. The van der Waals surface area contributed by atoms with Gasteiger partial charge in [-0.05, 0) is 12.1 Å². The van der Waals surface area contributed by atoms with Crippen LogP contribution in [-0.2, 0) is 10.1 Å². The van der Waals surface area contributed by atoms with E-state index >= 15 is 0 Å².